The number of nitrogens with zero attached hydrogens (tertiary/aromatic N) is 6. The van der Waals surface area contributed by atoms with Crippen molar-refractivity contribution in [3.63, 3.8) is 0 Å². The van der Waals surface area contributed by atoms with Crippen molar-refractivity contribution in [2.24, 2.45) is 10.2 Å². The summed E-state index contributed by atoms with van der Waals surface area (Å²) >= 11 is 0. The van der Waals surface area contributed by atoms with Gasteiger partial charge in [0.15, 0.2) is 0 Å². The number of rotatable bonds is 6. The van der Waals surface area contributed by atoms with E-state index in [0.717, 1.165) is 55.6 Å². The van der Waals surface area contributed by atoms with Crippen LogP contribution in [0.15, 0.2) is 119 Å². The molecule has 0 saturated carbocycles. The van der Waals surface area contributed by atoms with Crippen LogP contribution in [0.25, 0.3) is 65.4 Å². The van der Waals surface area contributed by atoms with Gasteiger partial charge in [0.1, 0.15) is 0 Å². The summed E-state index contributed by atoms with van der Waals surface area (Å²) in [6.07, 6.45) is 0. The van der Waals surface area contributed by atoms with Crippen molar-refractivity contribution in [3.8, 4) is 44.5 Å². The third kappa shape index (κ3) is 6.23. The SMILES string of the molecule is CC(C)(C)c1cc(-c2ccccc2)c(N=[N+]=[N-])c(-c2cccc(-c3cc(C(C)(C)C)cc(-c4ccccc4)c3N=[N+]=[N-])c2)c1. The molecule has 5 aromatic rings. The third-order valence-electron chi connectivity index (χ3n) is 7.90. The maximum Gasteiger partial charge on any atom is 0.0532 e. The van der Waals surface area contributed by atoms with Crippen molar-refractivity contribution in [2.45, 2.75) is 52.4 Å². The van der Waals surface area contributed by atoms with Crippen LogP contribution < -0.4 is 0 Å². The number of hydrogen-bond acceptors (Lipinski definition) is 2. The van der Waals surface area contributed by atoms with Crippen LogP contribution in [0.2, 0.25) is 0 Å². The molecule has 0 fully saturated rings. The molecule has 5 aromatic carbocycles. The normalized spacial score (nSPS) is 11.4. The predicted octanol–water partition coefficient (Wildman–Crippen LogP) is 12.8. The Balaban J connectivity index is 1.82. The van der Waals surface area contributed by atoms with Gasteiger partial charge in [-0.05, 0) is 83.6 Å². The molecule has 0 aliphatic carbocycles. The second kappa shape index (κ2) is 12.1. The molecule has 0 aliphatic heterocycles. The van der Waals surface area contributed by atoms with Crippen LogP contribution in [0.4, 0.5) is 11.4 Å². The first kappa shape index (κ1) is 30.2. The van der Waals surface area contributed by atoms with E-state index in [2.05, 4.69) is 91.9 Å². The van der Waals surface area contributed by atoms with Gasteiger partial charge < -0.3 is 0 Å². The summed E-state index contributed by atoms with van der Waals surface area (Å²) in [5.74, 6) is 0. The topological polar surface area (TPSA) is 97.5 Å². The lowest BCUT2D eigenvalue weighted by Crippen LogP contribution is -2.11. The van der Waals surface area contributed by atoms with E-state index in [-0.39, 0.29) is 10.8 Å². The average Bonchev–Trinajstić information content (AvgIpc) is 3.01. The van der Waals surface area contributed by atoms with Crippen LogP contribution in [-0.4, -0.2) is 0 Å². The van der Waals surface area contributed by atoms with E-state index < -0.39 is 0 Å². The fourth-order valence-corrected chi connectivity index (χ4v) is 5.41. The van der Waals surface area contributed by atoms with Gasteiger partial charge in [0.2, 0.25) is 0 Å². The van der Waals surface area contributed by atoms with Gasteiger partial charge in [0, 0.05) is 9.82 Å². The Bertz CT molecular complexity index is 1780. The second-order valence-electron chi connectivity index (χ2n) is 13.0. The van der Waals surface area contributed by atoms with Gasteiger partial charge in [-0.3, -0.25) is 0 Å². The van der Waals surface area contributed by atoms with Gasteiger partial charge in [-0.1, -0.05) is 155 Å². The smallest absolute Gasteiger partial charge is 0.0532 e. The summed E-state index contributed by atoms with van der Waals surface area (Å²) in [5.41, 5.74) is 29.7. The molecule has 0 N–H and O–H groups in total. The number of azide groups is 2. The predicted molar refractivity (Wildman–Crippen MR) is 183 cm³/mol. The quantitative estimate of drug-likeness (QED) is 0.109. The van der Waals surface area contributed by atoms with Crippen molar-refractivity contribution in [1.82, 2.24) is 0 Å². The van der Waals surface area contributed by atoms with Gasteiger partial charge in [-0.15, -0.1) is 0 Å². The van der Waals surface area contributed by atoms with E-state index in [0.29, 0.717) is 11.4 Å². The highest BCUT2D eigenvalue weighted by atomic mass is 15.1. The summed E-state index contributed by atoms with van der Waals surface area (Å²) in [6, 6.07) is 36.7. The highest BCUT2D eigenvalue weighted by Crippen LogP contribution is 2.46. The molecule has 0 unspecified atom stereocenters. The van der Waals surface area contributed by atoms with E-state index >= 15 is 0 Å². The molecule has 0 spiro atoms. The van der Waals surface area contributed by atoms with Crippen LogP contribution >= 0.6 is 0 Å². The lowest BCUT2D eigenvalue weighted by Gasteiger charge is -2.24. The standard InChI is InChI=1S/C38H36N6/c1-37(2,3)29-21-31(25-14-9-7-10-15-25)35(41-43-39)33(23-29)27-18-13-19-28(20-27)34-24-30(38(4,5)6)22-32(36(34)42-44-40)26-16-11-8-12-17-26/h7-24H,1-6H3. The highest BCUT2D eigenvalue weighted by molar-refractivity contribution is 5.93. The lowest BCUT2D eigenvalue weighted by molar-refractivity contribution is 0.590. The summed E-state index contributed by atoms with van der Waals surface area (Å²) in [5, 5.41) is 8.49. The summed E-state index contributed by atoms with van der Waals surface area (Å²) in [4.78, 5) is 6.49. The van der Waals surface area contributed by atoms with Crippen molar-refractivity contribution in [2.75, 3.05) is 0 Å². The molecule has 0 bridgehead atoms. The second-order valence-corrected chi connectivity index (χ2v) is 13.0. The average molecular weight is 577 g/mol. The zero-order valence-corrected chi connectivity index (χ0v) is 26.1. The largest absolute Gasteiger partial charge is 0.0622 e. The van der Waals surface area contributed by atoms with Gasteiger partial charge in [-0.25, -0.2) is 0 Å². The minimum absolute atomic E-state index is 0.148. The first-order valence-electron chi connectivity index (χ1n) is 14.7. The molecular formula is C38H36N6. The molecule has 44 heavy (non-hydrogen) atoms. The van der Waals surface area contributed by atoms with Crippen LogP contribution in [-0.2, 0) is 10.8 Å². The van der Waals surface area contributed by atoms with Crippen molar-refractivity contribution in [1.29, 1.82) is 0 Å². The Kier molecular flexibility index (Phi) is 8.33. The zero-order valence-electron chi connectivity index (χ0n) is 26.1. The van der Waals surface area contributed by atoms with Crippen molar-refractivity contribution >= 4 is 11.4 Å². The maximum atomic E-state index is 9.68. The molecule has 6 nitrogen and oxygen atoms in total. The van der Waals surface area contributed by atoms with Crippen LogP contribution in [0.1, 0.15) is 52.7 Å². The van der Waals surface area contributed by atoms with E-state index in [4.69, 9.17) is 0 Å². The lowest BCUT2D eigenvalue weighted by atomic mass is 9.81. The molecule has 6 heteroatoms. The van der Waals surface area contributed by atoms with E-state index in [9.17, 15) is 11.1 Å². The van der Waals surface area contributed by atoms with Gasteiger partial charge >= 0.3 is 0 Å². The van der Waals surface area contributed by atoms with Gasteiger partial charge in [0.25, 0.3) is 0 Å². The molecule has 0 aliphatic rings. The van der Waals surface area contributed by atoms with E-state index in [1.165, 1.54) is 0 Å². The number of benzene rings is 5. The summed E-state index contributed by atoms with van der Waals surface area (Å²) in [6.45, 7) is 13.1. The minimum Gasteiger partial charge on any atom is -0.0622 e. The fourth-order valence-electron chi connectivity index (χ4n) is 5.41. The van der Waals surface area contributed by atoms with Gasteiger partial charge in [-0.2, -0.15) is 0 Å². The first-order chi connectivity index (χ1) is 21.0. The van der Waals surface area contributed by atoms with Crippen molar-refractivity contribution < 1.29 is 0 Å². The Morgan fingerprint density at radius 2 is 0.750 bits per heavy atom. The first-order valence-corrected chi connectivity index (χ1v) is 14.7. The Labute approximate surface area is 259 Å². The molecule has 0 radical (unpaired) electrons. The molecule has 5 rings (SSSR count). The summed E-state index contributed by atoms with van der Waals surface area (Å²) in [7, 11) is 0. The molecule has 218 valence electrons. The highest BCUT2D eigenvalue weighted by Gasteiger charge is 2.23. The Morgan fingerprint density at radius 1 is 0.432 bits per heavy atom. The monoisotopic (exact) mass is 576 g/mol. The van der Waals surface area contributed by atoms with E-state index in [1.807, 2.05) is 78.9 Å². The van der Waals surface area contributed by atoms with Gasteiger partial charge in [0.05, 0.1) is 11.4 Å². The fraction of sp³-hybridized carbons (Fsp3) is 0.211. The molecule has 0 heterocycles. The maximum absolute atomic E-state index is 9.68. The van der Waals surface area contributed by atoms with Crippen LogP contribution in [0.3, 0.4) is 0 Å². The molecule has 0 aromatic heterocycles. The Morgan fingerprint density at radius 3 is 1.07 bits per heavy atom. The Hall–Kier alpha value is -5.28. The molecule has 0 saturated heterocycles. The third-order valence-corrected chi connectivity index (χ3v) is 7.90. The van der Waals surface area contributed by atoms with Crippen LogP contribution in [0, 0.1) is 0 Å². The number of hydrogen-bond donors (Lipinski definition) is 0. The minimum atomic E-state index is -0.148. The zero-order chi connectivity index (χ0) is 31.5. The molecular weight excluding hydrogens is 540 g/mol. The van der Waals surface area contributed by atoms with Crippen molar-refractivity contribution in [3.05, 3.63) is 141 Å². The summed E-state index contributed by atoms with van der Waals surface area (Å²) < 4.78 is 0. The van der Waals surface area contributed by atoms with E-state index in [1.54, 1.807) is 0 Å². The molecule has 0 amide bonds. The van der Waals surface area contributed by atoms with Crippen LogP contribution in [0.5, 0.6) is 0 Å². The molecule has 0 atom stereocenters.